The van der Waals surface area contributed by atoms with Gasteiger partial charge in [0, 0.05) is 11.4 Å². The molecule has 7 heteroatoms. The van der Waals surface area contributed by atoms with Crippen LogP contribution in [-0.4, -0.2) is 25.8 Å². The predicted octanol–water partition coefficient (Wildman–Crippen LogP) is 4.41. The molecule has 4 rings (SSSR count). The van der Waals surface area contributed by atoms with E-state index in [0.29, 0.717) is 22.8 Å². The first-order chi connectivity index (χ1) is 12.1. The van der Waals surface area contributed by atoms with Crippen LogP contribution in [0.1, 0.15) is 23.9 Å². The van der Waals surface area contributed by atoms with E-state index < -0.39 is 0 Å². The lowest BCUT2D eigenvalue weighted by Crippen LogP contribution is -2.22. The minimum atomic E-state index is -0.251. The Bertz CT molecular complexity index is 952. The fourth-order valence-corrected chi connectivity index (χ4v) is 3.78. The molecule has 4 nitrogen and oxygen atoms in total. The third-order valence-corrected chi connectivity index (χ3v) is 5.29. The monoisotopic (exact) mass is 372 g/mol. The van der Waals surface area contributed by atoms with E-state index in [1.807, 2.05) is 30.3 Å². The number of hydrogen-bond acceptors (Lipinski definition) is 4. The molecular weight excluding hydrogens is 359 g/mol. The molecule has 0 saturated heterocycles. The highest BCUT2D eigenvalue weighted by Crippen LogP contribution is 2.31. The molecule has 2 heterocycles. The molecule has 0 N–H and O–H groups in total. The summed E-state index contributed by atoms with van der Waals surface area (Å²) in [6.45, 7) is 2.08. The van der Waals surface area contributed by atoms with Crippen molar-refractivity contribution in [2.75, 3.05) is 0 Å². The smallest absolute Gasteiger partial charge is 0.207 e. The highest BCUT2D eigenvalue weighted by Gasteiger charge is 2.26. The molecule has 1 aromatic heterocycles. The SMILES string of the molecule is C[C@H]1Sc2nnc(Cc3ccccc3F)n2N=C1c1ccc(Cl)cc1. The van der Waals surface area contributed by atoms with Crippen molar-refractivity contribution >= 4 is 29.1 Å². The summed E-state index contributed by atoms with van der Waals surface area (Å²) < 4.78 is 15.7. The molecule has 0 aliphatic carbocycles. The van der Waals surface area contributed by atoms with Crippen LogP contribution in [0.2, 0.25) is 5.02 Å². The standard InChI is InChI=1S/C18H14ClFN4S/c1-11-17(12-6-8-14(19)9-7-12)23-24-16(21-22-18(24)25-11)10-13-4-2-3-5-15(13)20/h2-9,11H,10H2,1H3/t11-/m1/s1. The number of nitrogens with zero attached hydrogens (tertiary/aromatic N) is 4. The van der Waals surface area contributed by atoms with Gasteiger partial charge in [0.2, 0.25) is 5.16 Å². The molecule has 0 spiro atoms. The largest absolute Gasteiger partial charge is 0.212 e. The molecule has 0 bridgehead atoms. The Labute approximate surface area is 153 Å². The second kappa shape index (κ2) is 6.61. The van der Waals surface area contributed by atoms with Crippen LogP contribution in [-0.2, 0) is 6.42 Å². The summed E-state index contributed by atoms with van der Waals surface area (Å²) in [4.78, 5) is 0. The molecule has 1 aliphatic rings. The topological polar surface area (TPSA) is 43.1 Å². The highest BCUT2D eigenvalue weighted by molar-refractivity contribution is 8.00. The second-order valence-corrected chi connectivity index (χ2v) is 7.48. The normalized spacial score (nSPS) is 16.4. The van der Waals surface area contributed by atoms with Gasteiger partial charge in [0.05, 0.1) is 11.0 Å². The molecule has 0 amide bonds. The number of aromatic nitrogens is 3. The second-order valence-electron chi connectivity index (χ2n) is 5.73. The third kappa shape index (κ3) is 3.19. The molecular formula is C18H14ClFN4S. The average molecular weight is 373 g/mol. The fraction of sp³-hybridized carbons (Fsp3) is 0.167. The Kier molecular flexibility index (Phi) is 4.31. The van der Waals surface area contributed by atoms with Crippen LogP contribution in [0, 0.1) is 5.82 Å². The maximum absolute atomic E-state index is 13.9. The van der Waals surface area contributed by atoms with Crippen LogP contribution < -0.4 is 0 Å². The fourth-order valence-electron chi connectivity index (χ4n) is 2.71. The van der Waals surface area contributed by atoms with Crippen LogP contribution in [0.4, 0.5) is 4.39 Å². The van der Waals surface area contributed by atoms with Gasteiger partial charge in [-0.05, 0) is 36.2 Å². The van der Waals surface area contributed by atoms with Gasteiger partial charge in [-0.1, -0.05) is 53.7 Å². The first-order valence-electron chi connectivity index (χ1n) is 7.81. The van der Waals surface area contributed by atoms with Gasteiger partial charge in [-0.25, -0.2) is 4.39 Å². The molecule has 0 unspecified atom stereocenters. The van der Waals surface area contributed by atoms with Crippen molar-refractivity contribution in [1.82, 2.24) is 14.9 Å². The summed E-state index contributed by atoms with van der Waals surface area (Å²) in [6.07, 6.45) is 0.339. The van der Waals surface area contributed by atoms with Gasteiger partial charge in [-0.15, -0.1) is 10.2 Å². The average Bonchev–Trinajstić information content (AvgIpc) is 2.99. The Morgan fingerprint density at radius 1 is 1.12 bits per heavy atom. The van der Waals surface area contributed by atoms with Crippen LogP contribution in [0.15, 0.2) is 58.8 Å². The van der Waals surface area contributed by atoms with E-state index in [0.717, 1.165) is 16.4 Å². The van der Waals surface area contributed by atoms with Gasteiger partial charge in [0.15, 0.2) is 5.82 Å². The van der Waals surface area contributed by atoms with Gasteiger partial charge in [-0.2, -0.15) is 9.78 Å². The third-order valence-electron chi connectivity index (χ3n) is 4.00. The van der Waals surface area contributed by atoms with Crippen molar-refractivity contribution in [3.8, 4) is 0 Å². The number of hydrogen-bond donors (Lipinski definition) is 0. The van der Waals surface area contributed by atoms with E-state index in [4.69, 9.17) is 16.7 Å². The highest BCUT2D eigenvalue weighted by atomic mass is 35.5. The van der Waals surface area contributed by atoms with Crippen LogP contribution in [0.3, 0.4) is 0 Å². The van der Waals surface area contributed by atoms with Crippen molar-refractivity contribution in [1.29, 1.82) is 0 Å². The Morgan fingerprint density at radius 2 is 1.88 bits per heavy atom. The van der Waals surface area contributed by atoms with E-state index in [1.165, 1.54) is 6.07 Å². The van der Waals surface area contributed by atoms with Crippen LogP contribution >= 0.6 is 23.4 Å². The zero-order valence-corrected chi connectivity index (χ0v) is 14.9. The van der Waals surface area contributed by atoms with Crippen LogP contribution in [0.5, 0.6) is 0 Å². The Balaban J connectivity index is 1.73. The molecule has 1 aliphatic heterocycles. The summed E-state index contributed by atoms with van der Waals surface area (Å²) in [5.41, 5.74) is 2.49. The molecule has 0 fully saturated rings. The number of fused-ring (bicyclic) bond motifs is 1. The minimum absolute atomic E-state index is 0.138. The molecule has 126 valence electrons. The maximum atomic E-state index is 13.9. The Hall–Kier alpha value is -2.18. The van der Waals surface area contributed by atoms with Crippen molar-refractivity contribution in [2.45, 2.75) is 23.8 Å². The van der Waals surface area contributed by atoms with Gasteiger partial charge < -0.3 is 0 Å². The molecule has 2 aromatic carbocycles. The summed E-state index contributed by atoms with van der Waals surface area (Å²) in [5.74, 6) is 0.365. The zero-order chi connectivity index (χ0) is 17.4. The summed E-state index contributed by atoms with van der Waals surface area (Å²) in [6, 6.07) is 14.3. The number of rotatable bonds is 3. The van der Waals surface area contributed by atoms with E-state index in [-0.39, 0.29) is 11.1 Å². The quantitative estimate of drug-likeness (QED) is 0.684. The molecule has 1 atom stereocenters. The first kappa shape index (κ1) is 16.3. The van der Waals surface area contributed by atoms with Crippen molar-refractivity contribution in [3.63, 3.8) is 0 Å². The maximum Gasteiger partial charge on any atom is 0.212 e. The van der Waals surface area contributed by atoms with Gasteiger partial charge in [-0.3, -0.25) is 0 Å². The van der Waals surface area contributed by atoms with Crippen molar-refractivity contribution < 1.29 is 4.39 Å². The number of halogens is 2. The molecule has 25 heavy (non-hydrogen) atoms. The van der Waals surface area contributed by atoms with Gasteiger partial charge in [0.25, 0.3) is 0 Å². The van der Waals surface area contributed by atoms with Gasteiger partial charge in [0.1, 0.15) is 5.82 Å². The number of benzene rings is 2. The predicted molar refractivity (Wildman–Crippen MR) is 97.9 cm³/mol. The Morgan fingerprint density at radius 3 is 2.64 bits per heavy atom. The number of thioether (sulfide) groups is 1. The zero-order valence-electron chi connectivity index (χ0n) is 13.4. The van der Waals surface area contributed by atoms with E-state index in [9.17, 15) is 4.39 Å². The molecule has 0 saturated carbocycles. The van der Waals surface area contributed by atoms with E-state index >= 15 is 0 Å². The summed E-state index contributed by atoms with van der Waals surface area (Å²) in [5, 5.41) is 14.7. The van der Waals surface area contributed by atoms with Crippen LogP contribution in [0.25, 0.3) is 0 Å². The summed E-state index contributed by atoms with van der Waals surface area (Å²) in [7, 11) is 0. The summed E-state index contributed by atoms with van der Waals surface area (Å²) >= 11 is 7.56. The van der Waals surface area contributed by atoms with Gasteiger partial charge >= 0.3 is 0 Å². The molecule has 0 radical (unpaired) electrons. The van der Waals surface area contributed by atoms with Crippen molar-refractivity contribution in [3.05, 3.63) is 76.3 Å². The minimum Gasteiger partial charge on any atom is -0.207 e. The first-order valence-corrected chi connectivity index (χ1v) is 9.07. The lowest BCUT2D eigenvalue weighted by molar-refractivity contribution is 0.608. The lowest BCUT2D eigenvalue weighted by Gasteiger charge is -2.20. The van der Waals surface area contributed by atoms with Crippen molar-refractivity contribution in [2.24, 2.45) is 5.10 Å². The van der Waals surface area contributed by atoms with E-state index in [1.54, 1.807) is 28.6 Å². The molecule has 3 aromatic rings. The van der Waals surface area contributed by atoms with E-state index in [2.05, 4.69) is 17.1 Å². The lowest BCUT2D eigenvalue weighted by atomic mass is 10.1.